The Kier molecular flexibility index (Phi) is 7.12. The molecule has 0 amide bonds. The number of aliphatic carboxylic acids is 4. The number of hydrogen-bond donors (Lipinski definition) is 4. The summed E-state index contributed by atoms with van der Waals surface area (Å²) < 4.78 is 0. The van der Waals surface area contributed by atoms with Crippen LogP contribution in [0.1, 0.15) is 19.3 Å². The average Bonchev–Trinajstić information content (AvgIpc) is 2.25. The highest BCUT2D eigenvalue weighted by Crippen LogP contribution is 2.08. The van der Waals surface area contributed by atoms with Crippen molar-refractivity contribution in [3.8, 4) is 0 Å². The summed E-state index contributed by atoms with van der Waals surface area (Å²) in [5.74, 6) is -5.15. The second-order valence-corrected chi connectivity index (χ2v) is 3.78. The summed E-state index contributed by atoms with van der Waals surface area (Å²) in [4.78, 5) is 43.5. The van der Waals surface area contributed by atoms with Crippen LogP contribution in [0.4, 0.5) is 0 Å². The fraction of sp³-hybridized carbons (Fsp3) is 0.600. The lowest BCUT2D eigenvalue weighted by Gasteiger charge is -2.26. The molecule has 0 rings (SSSR count). The zero-order valence-corrected chi connectivity index (χ0v) is 9.98. The smallest absolute Gasteiger partial charge is 0.321 e. The molecule has 0 aromatic heterocycles. The van der Waals surface area contributed by atoms with E-state index >= 15 is 0 Å². The first-order chi connectivity index (χ1) is 8.73. The van der Waals surface area contributed by atoms with Crippen molar-refractivity contribution in [3.63, 3.8) is 0 Å². The maximum atomic E-state index is 11.0. The fourth-order valence-electron chi connectivity index (χ4n) is 1.44. The van der Waals surface area contributed by atoms with Crippen LogP contribution in [0.3, 0.4) is 0 Å². The summed E-state index contributed by atoms with van der Waals surface area (Å²) in [6, 6.07) is -1.45. The Morgan fingerprint density at radius 3 is 1.47 bits per heavy atom. The minimum absolute atomic E-state index is 0.229. The van der Waals surface area contributed by atoms with Gasteiger partial charge in [-0.05, 0) is 0 Å². The SMILES string of the molecule is O=C(O)CCN(CCC(=O)O)[C@@H](CC(=O)O)C(=O)O. The fourth-order valence-corrected chi connectivity index (χ4v) is 1.44. The van der Waals surface area contributed by atoms with E-state index in [1.807, 2.05) is 0 Å². The van der Waals surface area contributed by atoms with Crippen molar-refractivity contribution in [2.45, 2.75) is 25.3 Å². The minimum atomic E-state index is -1.45. The van der Waals surface area contributed by atoms with Gasteiger partial charge in [0, 0.05) is 13.1 Å². The van der Waals surface area contributed by atoms with E-state index in [9.17, 15) is 19.2 Å². The van der Waals surface area contributed by atoms with Crippen LogP contribution >= 0.6 is 0 Å². The Balaban J connectivity index is 4.80. The van der Waals surface area contributed by atoms with E-state index in [1.54, 1.807) is 0 Å². The molecule has 0 unspecified atom stereocenters. The van der Waals surface area contributed by atoms with Crippen LogP contribution < -0.4 is 0 Å². The van der Waals surface area contributed by atoms with Crippen molar-refractivity contribution < 1.29 is 39.6 Å². The Hall–Kier alpha value is -2.16. The standard InChI is InChI=1S/C10H15NO8/c12-7(13)1-3-11(4-2-8(14)15)6(10(18)19)5-9(16)17/h6H,1-5H2,(H,12,13)(H,14,15)(H,16,17)(H,18,19)/t6-/m0/s1. The number of rotatable bonds is 10. The van der Waals surface area contributed by atoms with Crippen molar-refractivity contribution in [1.82, 2.24) is 4.90 Å². The number of carbonyl (C=O) groups is 4. The molecule has 0 bridgehead atoms. The van der Waals surface area contributed by atoms with Gasteiger partial charge in [-0.2, -0.15) is 0 Å². The molecule has 0 aliphatic rings. The molecule has 0 fully saturated rings. The molecule has 0 aliphatic heterocycles. The van der Waals surface area contributed by atoms with Crippen molar-refractivity contribution in [2.24, 2.45) is 0 Å². The highest BCUT2D eigenvalue weighted by atomic mass is 16.4. The number of hydrogen-bond acceptors (Lipinski definition) is 5. The van der Waals surface area contributed by atoms with E-state index in [-0.39, 0.29) is 13.1 Å². The summed E-state index contributed by atoms with van der Waals surface area (Å²) in [6.07, 6.45) is -1.53. The number of nitrogens with zero attached hydrogens (tertiary/aromatic N) is 1. The quantitative estimate of drug-likeness (QED) is 0.400. The molecule has 9 heteroatoms. The van der Waals surface area contributed by atoms with E-state index in [1.165, 1.54) is 0 Å². The second kappa shape index (κ2) is 8.03. The van der Waals surface area contributed by atoms with Crippen molar-refractivity contribution >= 4 is 23.9 Å². The first kappa shape index (κ1) is 16.8. The molecule has 1 atom stereocenters. The van der Waals surface area contributed by atoms with Gasteiger partial charge in [-0.25, -0.2) is 0 Å². The molecule has 108 valence electrons. The van der Waals surface area contributed by atoms with Crippen molar-refractivity contribution in [3.05, 3.63) is 0 Å². The van der Waals surface area contributed by atoms with Gasteiger partial charge in [-0.1, -0.05) is 0 Å². The zero-order chi connectivity index (χ0) is 15.0. The third-order valence-electron chi connectivity index (χ3n) is 2.32. The maximum absolute atomic E-state index is 11.0. The van der Waals surface area contributed by atoms with E-state index < -0.39 is 49.2 Å². The molecule has 0 saturated carbocycles. The van der Waals surface area contributed by atoms with Crippen molar-refractivity contribution in [2.75, 3.05) is 13.1 Å². The molecule has 0 spiro atoms. The normalized spacial score (nSPS) is 12.1. The zero-order valence-electron chi connectivity index (χ0n) is 9.98. The van der Waals surface area contributed by atoms with Crippen LogP contribution in [0.2, 0.25) is 0 Å². The largest absolute Gasteiger partial charge is 0.481 e. The maximum Gasteiger partial charge on any atom is 0.321 e. The summed E-state index contributed by atoms with van der Waals surface area (Å²) in [5.41, 5.74) is 0. The van der Waals surface area contributed by atoms with Gasteiger partial charge in [-0.15, -0.1) is 0 Å². The summed E-state index contributed by atoms with van der Waals surface area (Å²) in [6.45, 7) is -0.459. The second-order valence-electron chi connectivity index (χ2n) is 3.78. The van der Waals surface area contributed by atoms with Gasteiger partial charge in [0.2, 0.25) is 0 Å². The first-order valence-electron chi connectivity index (χ1n) is 5.36. The molecule has 0 radical (unpaired) electrons. The summed E-state index contributed by atoms with van der Waals surface area (Å²) in [7, 11) is 0. The predicted octanol–water partition coefficient (Wildman–Crippen LogP) is -0.834. The Morgan fingerprint density at radius 2 is 1.21 bits per heavy atom. The third kappa shape index (κ3) is 7.71. The van der Waals surface area contributed by atoms with E-state index in [0.717, 1.165) is 4.90 Å². The molecule has 0 heterocycles. The molecule has 0 aromatic carbocycles. The monoisotopic (exact) mass is 277 g/mol. The van der Waals surface area contributed by atoms with Gasteiger partial charge in [-0.3, -0.25) is 24.1 Å². The van der Waals surface area contributed by atoms with Gasteiger partial charge in [0.15, 0.2) is 0 Å². The molecule has 9 nitrogen and oxygen atoms in total. The number of carboxylic acid groups (broad SMARTS) is 4. The Labute approximate surface area is 108 Å². The van der Waals surface area contributed by atoms with Crippen molar-refractivity contribution in [1.29, 1.82) is 0 Å². The summed E-state index contributed by atoms with van der Waals surface area (Å²) >= 11 is 0. The van der Waals surface area contributed by atoms with Crippen LogP contribution in [0.5, 0.6) is 0 Å². The average molecular weight is 277 g/mol. The Bertz CT molecular complexity index is 349. The van der Waals surface area contributed by atoms with Crippen LogP contribution in [0, 0.1) is 0 Å². The molecule has 0 aromatic rings. The first-order valence-corrected chi connectivity index (χ1v) is 5.36. The molecule has 19 heavy (non-hydrogen) atoms. The highest BCUT2D eigenvalue weighted by Gasteiger charge is 2.28. The molecular formula is C10H15NO8. The van der Waals surface area contributed by atoms with E-state index in [2.05, 4.69) is 0 Å². The van der Waals surface area contributed by atoms with Crippen LogP contribution in [-0.4, -0.2) is 68.3 Å². The van der Waals surface area contributed by atoms with Crippen LogP contribution in [-0.2, 0) is 19.2 Å². The molecule has 0 aliphatic carbocycles. The van der Waals surface area contributed by atoms with Gasteiger partial charge < -0.3 is 20.4 Å². The van der Waals surface area contributed by atoms with E-state index in [0.29, 0.717) is 0 Å². The number of carboxylic acids is 4. The van der Waals surface area contributed by atoms with Gasteiger partial charge in [0.05, 0.1) is 19.3 Å². The lowest BCUT2D eigenvalue weighted by molar-refractivity contribution is -0.151. The summed E-state index contributed by atoms with van der Waals surface area (Å²) in [5, 5.41) is 34.6. The third-order valence-corrected chi connectivity index (χ3v) is 2.32. The minimum Gasteiger partial charge on any atom is -0.481 e. The van der Waals surface area contributed by atoms with E-state index in [4.69, 9.17) is 20.4 Å². The lowest BCUT2D eigenvalue weighted by Crippen LogP contribution is -2.44. The van der Waals surface area contributed by atoms with Gasteiger partial charge in [0.25, 0.3) is 0 Å². The van der Waals surface area contributed by atoms with Crippen LogP contribution in [0.25, 0.3) is 0 Å². The topological polar surface area (TPSA) is 152 Å². The Morgan fingerprint density at radius 1 is 0.789 bits per heavy atom. The predicted molar refractivity (Wildman–Crippen MR) is 59.8 cm³/mol. The molecular weight excluding hydrogens is 262 g/mol. The molecule has 0 saturated heterocycles. The van der Waals surface area contributed by atoms with Gasteiger partial charge in [0.1, 0.15) is 6.04 Å². The molecule has 4 N–H and O–H groups in total. The lowest BCUT2D eigenvalue weighted by atomic mass is 10.1. The van der Waals surface area contributed by atoms with Crippen LogP contribution in [0.15, 0.2) is 0 Å². The van der Waals surface area contributed by atoms with Gasteiger partial charge >= 0.3 is 23.9 Å². The highest BCUT2D eigenvalue weighted by molar-refractivity contribution is 5.80.